The summed E-state index contributed by atoms with van der Waals surface area (Å²) in [6, 6.07) is 0.438. The first-order chi connectivity index (χ1) is 13.8. The van der Waals surface area contributed by atoms with E-state index in [4.69, 9.17) is 14.1 Å². The van der Waals surface area contributed by atoms with Gasteiger partial charge in [-0.1, -0.05) is 0 Å². The Morgan fingerprint density at radius 2 is 2.10 bits per heavy atom. The number of anilines is 1. The summed E-state index contributed by atoms with van der Waals surface area (Å²) in [5.41, 5.74) is 2.25. The molecular formula is C21H27N3O5. The zero-order chi connectivity index (χ0) is 20.8. The van der Waals surface area contributed by atoms with Crippen LogP contribution < -0.4 is 4.90 Å². The summed E-state index contributed by atoms with van der Waals surface area (Å²) >= 11 is 0. The third kappa shape index (κ3) is 3.61. The molecule has 1 atom stereocenters. The standard InChI is InChI=1S/C21H27N3O5/c1-4-28-19(26)18-12(2)23-20(29-18)24-7-5-13(6-8-24)17-16-14(11-22-17)9-15(25)10-21(16,3)27/h13,27H,4-11H2,1-3H3. The maximum absolute atomic E-state index is 12.0. The Bertz CT molecular complexity index is 903. The number of aryl methyl sites for hydroxylation is 1. The normalized spacial score (nSPS) is 25.3. The van der Waals surface area contributed by atoms with Crippen molar-refractivity contribution in [2.24, 2.45) is 10.9 Å². The largest absolute Gasteiger partial charge is 0.460 e. The molecule has 1 aliphatic carbocycles. The van der Waals surface area contributed by atoms with Crippen LogP contribution in [0.2, 0.25) is 0 Å². The molecule has 0 spiro atoms. The predicted octanol–water partition coefficient (Wildman–Crippen LogP) is 2.24. The third-order valence-electron chi connectivity index (χ3n) is 5.94. The van der Waals surface area contributed by atoms with E-state index in [2.05, 4.69) is 4.98 Å². The van der Waals surface area contributed by atoms with Gasteiger partial charge in [0.05, 0.1) is 24.4 Å². The number of ether oxygens (including phenoxy) is 1. The lowest BCUT2D eigenvalue weighted by atomic mass is 9.74. The highest BCUT2D eigenvalue weighted by molar-refractivity contribution is 6.08. The van der Waals surface area contributed by atoms with Crippen molar-refractivity contribution in [3.63, 3.8) is 0 Å². The summed E-state index contributed by atoms with van der Waals surface area (Å²) in [6.07, 6.45) is 2.26. The van der Waals surface area contributed by atoms with Crippen molar-refractivity contribution in [3.05, 3.63) is 22.6 Å². The maximum atomic E-state index is 12.0. The van der Waals surface area contributed by atoms with Crippen LogP contribution in [0.5, 0.6) is 0 Å². The molecule has 0 aromatic carbocycles. The summed E-state index contributed by atoms with van der Waals surface area (Å²) in [4.78, 5) is 35.0. The average Bonchev–Trinajstić information content (AvgIpc) is 3.25. The number of aliphatic hydroxyl groups is 1. The van der Waals surface area contributed by atoms with Gasteiger partial charge in [-0.25, -0.2) is 4.79 Å². The Balaban J connectivity index is 1.45. The number of piperidine rings is 1. The fraction of sp³-hybridized carbons (Fsp3) is 0.619. The number of nitrogens with zero attached hydrogens (tertiary/aromatic N) is 3. The highest BCUT2D eigenvalue weighted by Gasteiger charge is 2.43. The fourth-order valence-corrected chi connectivity index (χ4v) is 4.67. The van der Waals surface area contributed by atoms with Crippen LogP contribution in [0, 0.1) is 12.8 Å². The molecule has 1 unspecified atom stereocenters. The van der Waals surface area contributed by atoms with Crippen LogP contribution in [0.25, 0.3) is 0 Å². The lowest BCUT2D eigenvalue weighted by Crippen LogP contribution is -2.42. The van der Waals surface area contributed by atoms with Gasteiger partial charge in [-0.15, -0.1) is 0 Å². The molecule has 1 N–H and O–H groups in total. The lowest BCUT2D eigenvalue weighted by molar-refractivity contribution is -0.122. The molecule has 3 heterocycles. The van der Waals surface area contributed by atoms with Crippen molar-refractivity contribution in [1.29, 1.82) is 0 Å². The number of ketones is 1. The number of hydrogen-bond donors (Lipinski definition) is 1. The fourth-order valence-electron chi connectivity index (χ4n) is 4.67. The highest BCUT2D eigenvalue weighted by Crippen LogP contribution is 2.40. The van der Waals surface area contributed by atoms with E-state index in [1.807, 2.05) is 4.90 Å². The summed E-state index contributed by atoms with van der Waals surface area (Å²) < 4.78 is 10.7. The first-order valence-corrected chi connectivity index (χ1v) is 10.2. The minimum Gasteiger partial charge on any atom is -0.460 e. The lowest BCUT2D eigenvalue weighted by Gasteiger charge is -2.36. The van der Waals surface area contributed by atoms with Gasteiger partial charge < -0.3 is 19.2 Å². The monoisotopic (exact) mass is 401 g/mol. The number of oxazole rings is 1. The van der Waals surface area contributed by atoms with Gasteiger partial charge in [0.1, 0.15) is 5.78 Å². The van der Waals surface area contributed by atoms with Crippen LogP contribution >= 0.6 is 0 Å². The molecule has 1 aromatic heterocycles. The second-order valence-electron chi connectivity index (χ2n) is 8.24. The maximum Gasteiger partial charge on any atom is 0.376 e. The van der Waals surface area contributed by atoms with E-state index in [9.17, 15) is 14.7 Å². The molecule has 8 nitrogen and oxygen atoms in total. The molecule has 0 saturated carbocycles. The quantitative estimate of drug-likeness (QED) is 0.771. The van der Waals surface area contributed by atoms with Gasteiger partial charge in [0.25, 0.3) is 6.01 Å². The summed E-state index contributed by atoms with van der Waals surface area (Å²) in [5.74, 6) is -0.0231. The zero-order valence-corrected chi connectivity index (χ0v) is 17.2. The Labute approximate surface area is 169 Å². The van der Waals surface area contributed by atoms with Gasteiger partial charge in [0.2, 0.25) is 5.76 Å². The van der Waals surface area contributed by atoms with Crippen molar-refractivity contribution < 1.29 is 23.8 Å². The topological polar surface area (TPSA) is 105 Å². The van der Waals surface area contributed by atoms with Crippen molar-refractivity contribution in [2.45, 2.75) is 52.1 Å². The molecule has 0 radical (unpaired) electrons. The van der Waals surface area contributed by atoms with E-state index in [1.54, 1.807) is 20.8 Å². The van der Waals surface area contributed by atoms with Crippen LogP contribution in [0.15, 0.2) is 20.6 Å². The van der Waals surface area contributed by atoms with Crippen LogP contribution in [0.3, 0.4) is 0 Å². The van der Waals surface area contributed by atoms with Gasteiger partial charge in [-0.2, -0.15) is 4.98 Å². The average molecular weight is 401 g/mol. The predicted molar refractivity (Wildman–Crippen MR) is 106 cm³/mol. The number of esters is 1. The number of aromatic nitrogens is 1. The smallest absolute Gasteiger partial charge is 0.376 e. The van der Waals surface area contributed by atoms with Gasteiger partial charge >= 0.3 is 5.97 Å². The molecule has 0 bridgehead atoms. The number of aliphatic imine (C=N–C) groups is 1. The Morgan fingerprint density at radius 3 is 2.79 bits per heavy atom. The van der Waals surface area contributed by atoms with Gasteiger partial charge in [-0.3, -0.25) is 9.79 Å². The molecule has 8 heteroatoms. The molecule has 29 heavy (non-hydrogen) atoms. The highest BCUT2D eigenvalue weighted by atomic mass is 16.5. The first kappa shape index (κ1) is 19.8. The van der Waals surface area contributed by atoms with Gasteiger partial charge in [0.15, 0.2) is 0 Å². The molecule has 156 valence electrons. The molecule has 4 rings (SSSR count). The van der Waals surface area contributed by atoms with E-state index in [-0.39, 0.29) is 30.5 Å². The van der Waals surface area contributed by atoms with Crippen LogP contribution in [-0.2, 0) is 9.53 Å². The molecular weight excluding hydrogens is 374 g/mol. The van der Waals surface area contributed by atoms with E-state index in [1.165, 1.54) is 0 Å². The minimum absolute atomic E-state index is 0.0803. The molecule has 1 aromatic rings. The zero-order valence-electron chi connectivity index (χ0n) is 17.2. The van der Waals surface area contributed by atoms with Gasteiger partial charge in [0, 0.05) is 43.1 Å². The Hall–Kier alpha value is -2.48. The molecule has 1 saturated heterocycles. The Morgan fingerprint density at radius 1 is 1.38 bits per heavy atom. The van der Waals surface area contributed by atoms with Crippen molar-refractivity contribution in [3.8, 4) is 0 Å². The summed E-state index contributed by atoms with van der Waals surface area (Å²) in [5, 5.41) is 10.8. The molecule has 3 aliphatic rings. The molecule has 1 fully saturated rings. The van der Waals surface area contributed by atoms with Crippen LogP contribution in [-0.4, -0.2) is 59.4 Å². The van der Waals surface area contributed by atoms with Crippen LogP contribution in [0.1, 0.15) is 55.8 Å². The number of Topliss-reactive ketones (excluding diaryl/α,β-unsaturated/α-hetero) is 1. The van der Waals surface area contributed by atoms with E-state index in [0.717, 1.165) is 42.8 Å². The second kappa shape index (κ2) is 7.40. The van der Waals surface area contributed by atoms with Gasteiger partial charge in [-0.05, 0) is 39.2 Å². The first-order valence-electron chi connectivity index (χ1n) is 10.2. The second-order valence-corrected chi connectivity index (χ2v) is 8.24. The number of carbonyl (C=O) groups is 2. The Kier molecular flexibility index (Phi) is 5.06. The minimum atomic E-state index is -1.12. The number of carbonyl (C=O) groups excluding carboxylic acids is 2. The number of rotatable bonds is 4. The van der Waals surface area contributed by atoms with Crippen LogP contribution in [0.4, 0.5) is 6.01 Å². The van der Waals surface area contributed by atoms with Crippen molar-refractivity contribution in [2.75, 3.05) is 31.1 Å². The summed E-state index contributed by atoms with van der Waals surface area (Å²) in [7, 11) is 0. The molecule has 0 amide bonds. The van der Waals surface area contributed by atoms with Crippen molar-refractivity contribution >= 4 is 23.5 Å². The number of hydrogen-bond acceptors (Lipinski definition) is 8. The third-order valence-corrected chi connectivity index (χ3v) is 5.94. The summed E-state index contributed by atoms with van der Waals surface area (Å²) in [6.45, 7) is 7.46. The van der Waals surface area contributed by atoms with E-state index in [0.29, 0.717) is 24.7 Å². The molecule has 2 aliphatic heterocycles. The SMILES string of the molecule is CCOC(=O)c1oc(N2CCC(C3=NCC4=C3C(C)(O)CC(=O)C4)CC2)nc1C. The van der Waals surface area contributed by atoms with E-state index < -0.39 is 11.6 Å². The van der Waals surface area contributed by atoms with Crippen molar-refractivity contribution in [1.82, 2.24) is 4.98 Å². The van der Waals surface area contributed by atoms with E-state index >= 15 is 0 Å².